The van der Waals surface area contributed by atoms with Crippen LogP contribution in [-0.2, 0) is 20.8 Å². The molecule has 0 saturated carbocycles. The number of fused-ring (bicyclic) bond motifs is 7. The quantitative estimate of drug-likeness (QED) is 0.567. The summed E-state index contributed by atoms with van der Waals surface area (Å²) in [5, 5.41) is 3.68. The lowest BCUT2D eigenvalue weighted by Gasteiger charge is -2.45. The Kier molecular flexibility index (Phi) is 8.22. The van der Waals surface area contributed by atoms with Crippen LogP contribution in [0.3, 0.4) is 0 Å². The molecule has 4 heterocycles. The van der Waals surface area contributed by atoms with Gasteiger partial charge in [-0.2, -0.15) is 13.2 Å². The standard InChI is InChI=1S/C26H39F3N4O3/c1-34-21-14-13-20-23-31-32-24(36-23)25(26(27,28)29,35-17-18-9-4-2-5-10-18)15-7-3-6-11-19-12-8-16-33(19)22(21)30-20/h2,4-5,9-10,19-24,30-32H,3,6-8,11-17H2,1H3/t19-,20?,21?,22?,23?,24?,25?/m0/s1. The molecule has 202 valence electrons. The maximum Gasteiger partial charge on any atom is 0.421 e. The van der Waals surface area contributed by atoms with Crippen LogP contribution in [0, 0.1) is 0 Å². The Morgan fingerprint density at radius 2 is 1.83 bits per heavy atom. The van der Waals surface area contributed by atoms with Crippen LogP contribution in [0.1, 0.15) is 63.4 Å². The van der Waals surface area contributed by atoms with Crippen molar-refractivity contribution in [2.45, 2.75) is 113 Å². The van der Waals surface area contributed by atoms with Crippen molar-refractivity contribution in [1.29, 1.82) is 0 Å². The van der Waals surface area contributed by atoms with E-state index in [4.69, 9.17) is 14.2 Å². The van der Waals surface area contributed by atoms with Crippen LogP contribution in [0.15, 0.2) is 30.3 Å². The van der Waals surface area contributed by atoms with E-state index in [9.17, 15) is 13.2 Å². The third-order valence-corrected chi connectivity index (χ3v) is 8.41. The number of alkyl halides is 3. The summed E-state index contributed by atoms with van der Waals surface area (Å²) in [6.45, 7) is 0.877. The highest BCUT2D eigenvalue weighted by atomic mass is 19.4. The van der Waals surface area contributed by atoms with Gasteiger partial charge < -0.3 is 14.2 Å². The number of methoxy groups -OCH3 is 1. The molecule has 0 amide bonds. The molecular formula is C26H39F3N4O3. The smallest absolute Gasteiger partial charge is 0.378 e. The van der Waals surface area contributed by atoms with Crippen LogP contribution in [0.2, 0.25) is 0 Å². The monoisotopic (exact) mass is 512 g/mol. The lowest BCUT2D eigenvalue weighted by atomic mass is 9.91. The fraction of sp³-hybridized carbons (Fsp3) is 0.769. The van der Waals surface area contributed by atoms with Crippen molar-refractivity contribution in [3.63, 3.8) is 0 Å². The molecule has 0 spiro atoms. The number of nitrogens with one attached hydrogen (secondary N) is 3. The SMILES string of the molecule is COC1CCC2NC1N1CCC[C@@H]1CCCCCC(OCc1ccccc1)(C(F)(F)F)C1NNC2O1. The van der Waals surface area contributed by atoms with Crippen molar-refractivity contribution in [2.24, 2.45) is 0 Å². The topological polar surface area (TPSA) is 67.0 Å². The minimum absolute atomic E-state index is 0.0235. The van der Waals surface area contributed by atoms with Gasteiger partial charge in [-0.25, -0.2) is 10.9 Å². The van der Waals surface area contributed by atoms with E-state index in [0.717, 1.165) is 51.5 Å². The zero-order chi connectivity index (χ0) is 25.2. The van der Waals surface area contributed by atoms with Crippen molar-refractivity contribution in [1.82, 2.24) is 21.1 Å². The number of nitrogens with zero attached hydrogens (tertiary/aromatic N) is 1. The van der Waals surface area contributed by atoms with Gasteiger partial charge in [-0.3, -0.25) is 10.2 Å². The molecule has 7 atom stereocenters. The van der Waals surface area contributed by atoms with Gasteiger partial charge >= 0.3 is 6.18 Å². The first-order valence-corrected chi connectivity index (χ1v) is 13.4. The number of hydrazine groups is 1. The van der Waals surface area contributed by atoms with Gasteiger partial charge in [0, 0.05) is 25.7 Å². The number of benzene rings is 1. The average molecular weight is 513 g/mol. The van der Waals surface area contributed by atoms with E-state index in [1.54, 1.807) is 31.4 Å². The zero-order valence-corrected chi connectivity index (χ0v) is 20.9. The molecule has 10 heteroatoms. The molecule has 0 aliphatic carbocycles. The number of hydrogen-bond acceptors (Lipinski definition) is 7. The molecule has 6 unspecified atom stereocenters. The largest absolute Gasteiger partial charge is 0.421 e. The Morgan fingerprint density at radius 3 is 2.61 bits per heavy atom. The van der Waals surface area contributed by atoms with Crippen molar-refractivity contribution < 1.29 is 27.4 Å². The second-order valence-electron chi connectivity index (χ2n) is 10.6. The van der Waals surface area contributed by atoms with Crippen LogP contribution in [0.4, 0.5) is 13.2 Å². The Hall–Kier alpha value is -1.27. The van der Waals surface area contributed by atoms with Gasteiger partial charge in [-0.05, 0) is 44.1 Å². The van der Waals surface area contributed by atoms with E-state index in [1.165, 1.54) is 0 Å². The first-order valence-electron chi connectivity index (χ1n) is 13.4. The summed E-state index contributed by atoms with van der Waals surface area (Å²) in [7, 11) is 1.74. The summed E-state index contributed by atoms with van der Waals surface area (Å²) in [6, 6.07) is 9.28. The molecule has 5 rings (SSSR count). The maximum atomic E-state index is 14.8. The van der Waals surface area contributed by atoms with Gasteiger partial charge in [-0.1, -0.05) is 49.6 Å². The van der Waals surface area contributed by atoms with Crippen molar-refractivity contribution >= 4 is 0 Å². The van der Waals surface area contributed by atoms with Gasteiger partial charge in [0.2, 0.25) is 5.60 Å². The maximum absolute atomic E-state index is 14.8. The average Bonchev–Trinajstić information content (AvgIpc) is 3.55. The van der Waals surface area contributed by atoms with Crippen molar-refractivity contribution in [3.8, 4) is 0 Å². The normalized spacial score (nSPS) is 38.4. The van der Waals surface area contributed by atoms with E-state index in [2.05, 4.69) is 21.1 Å². The minimum Gasteiger partial charge on any atom is -0.378 e. The minimum atomic E-state index is -4.61. The molecule has 0 radical (unpaired) electrons. The van der Waals surface area contributed by atoms with Crippen LogP contribution < -0.4 is 16.2 Å². The van der Waals surface area contributed by atoms with E-state index >= 15 is 0 Å². The fourth-order valence-corrected chi connectivity index (χ4v) is 6.42. The molecule has 4 aliphatic rings. The molecule has 3 N–H and O–H groups in total. The molecule has 4 fully saturated rings. The first-order chi connectivity index (χ1) is 17.4. The molecule has 7 nitrogen and oxygen atoms in total. The van der Waals surface area contributed by atoms with E-state index in [-0.39, 0.29) is 31.3 Å². The molecule has 4 saturated heterocycles. The third-order valence-electron chi connectivity index (χ3n) is 8.41. The van der Waals surface area contributed by atoms with E-state index in [0.29, 0.717) is 18.0 Å². The first kappa shape index (κ1) is 26.3. The molecule has 1 aromatic carbocycles. The molecule has 4 aliphatic heterocycles. The summed E-state index contributed by atoms with van der Waals surface area (Å²) in [6.07, 6.45) is 0.166. The second kappa shape index (κ2) is 11.2. The summed E-state index contributed by atoms with van der Waals surface area (Å²) < 4.78 is 62.3. The summed E-state index contributed by atoms with van der Waals surface area (Å²) in [5.41, 5.74) is 4.10. The van der Waals surface area contributed by atoms with E-state index in [1.807, 2.05) is 6.07 Å². The molecule has 1 aromatic rings. The van der Waals surface area contributed by atoms with Crippen LogP contribution in [0.5, 0.6) is 0 Å². The lowest BCUT2D eigenvalue weighted by Crippen LogP contribution is -2.64. The summed E-state index contributed by atoms with van der Waals surface area (Å²) in [4.78, 5) is 2.52. The van der Waals surface area contributed by atoms with Gasteiger partial charge in [-0.15, -0.1) is 0 Å². The summed E-state index contributed by atoms with van der Waals surface area (Å²) >= 11 is 0. The highest BCUT2D eigenvalue weighted by Crippen LogP contribution is 2.43. The van der Waals surface area contributed by atoms with Crippen molar-refractivity contribution in [2.75, 3.05) is 13.7 Å². The highest BCUT2D eigenvalue weighted by Gasteiger charge is 2.63. The number of rotatable bonds is 4. The Bertz CT molecular complexity index is 847. The van der Waals surface area contributed by atoms with Crippen molar-refractivity contribution in [3.05, 3.63) is 35.9 Å². The van der Waals surface area contributed by atoms with Crippen LogP contribution in [-0.4, -0.2) is 67.1 Å². The van der Waals surface area contributed by atoms with Gasteiger partial charge in [0.1, 0.15) is 6.23 Å². The number of piperidine rings is 1. The Morgan fingerprint density at radius 1 is 1.03 bits per heavy atom. The Balaban J connectivity index is 1.41. The predicted molar refractivity (Wildman–Crippen MR) is 129 cm³/mol. The summed E-state index contributed by atoms with van der Waals surface area (Å²) in [5.74, 6) is 0. The van der Waals surface area contributed by atoms with Crippen LogP contribution in [0.25, 0.3) is 0 Å². The van der Waals surface area contributed by atoms with Gasteiger partial charge in [0.05, 0.1) is 18.9 Å². The molecule has 0 aromatic heterocycles. The van der Waals surface area contributed by atoms with Crippen LogP contribution >= 0.6 is 0 Å². The number of ether oxygens (including phenoxy) is 3. The lowest BCUT2D eigenvalue weighted by molar-refractivity contribution is -0.320. The zero-order valence-electron chi connectivity index (χ0n) is 20.9. The molecular weight excluding hydrogens is 473 g/mol. The number of halogens is 3. The molecule has 4 bridgehead atoms. The van der Waals surface area contributed by atoms with Gasteiger partial charge in [0.25, 0.3) is 0 Å². The highest BCUT2D eigenvalue weighted by molar-refractivity contribution is 5.14. The predicted octanol–water partition coefficient (Wildman–Crippen LogP) is 3.80. The second-order valence-corrected chi connectivity index (χ2v) is 10.6. The van der Waals surface area contributed by atoms with E-state index < -0.39 is 24.2 Å². The third kappa shape index (κ3) is 5.32. The Labute approximate surface area is 211 Å². The number of hydrogen-bond donors (Lipinski definition) is 3. The fourth-order valence-electron chi connectivity index (χ4n) is 6.42. The molecule has 36 heavy (non-hydrogen) atoms. The van der Waals surface area contributed by atoms with Gasteiger partial charge in [0.15, 0.2) is 6.23 Å².